The van der Waals surface area contributed by atoms with Gasteiger partial charge in [-0.05, 0) is 6.42 Å². The summed E-state index contributed by atoms with van der Waals surface area (Å²) in [6, 6.07) is -1.33. The van der Waals surface area contributed by atoms with Crippen molar-refractivity contribution in [2.24, 2.45) is 0 Å². The van der Waals surface area contributed by atoms with Gasteiger partial charge in [0.15, 0.2) is 0 Å². The molecule has 0 radical (unpaired) electrons. The topological polar surface area (TPSA) is 98.3 Å². The van der Waals surface area contributed by atoms with Gasteiger partial charge in [0.05, 0.1) is 6.33 Å². The standard InChI is InChI=1S/C13H22N4O3/c1-3-4-5-6-17(2)13(20)16-11(12(18)19)7-10-8-14-9-15-10/h8-9,11H,3-7H2,1-2H3,(H,14,15)(H,16,20)(H,18,19). The number of carbonyl (C=O) groups excluding carboxylic acids is 1. The molecule has 112 valence electrons. The number of hydrogen-bond acceptors (Lipinski definition) is 3. The van der Waals surface area contributed by atoms with Crippen LogP contribution in [0.15, 0.2) is 12.5 Å². The zero-order chi connectivity index (χ0) is 15.0. The number of aromatic amines is 1. The van der Waals surface area contributed by atoms with Gasteiger partial charge in [-0.2, -0.15) is 0 Å². The summed E-state index contributed by atoms with van der Waals surface area (Å²) in [5, 5.41) is 11.7. The quantitative estimate of drug-likeness (QED) is 0.625. The number of nitrogens with zero attached hydrogens (tertiary/aromatic N) is 2. The summed E-state index contributed by atoms with van der Waals surface area (Å²) in [7, 11) is 1.67. The Hall–Kier alpha value is -2.05. The molecular formula is C13H22N4O3. The minimum Gasteiger partial charge on any atom is -0.480 e. The van der Waals surface area contributed by atoms with Crippen molar-refractivity contribution >= 4 is 12.0 Å². The third-order valence-electron chi connectivity index (χ3n) is 3.02. The summed E-state index contributed by atoms with van der Waals surface area (Å²) >= 11 is 0. The first kappa shape index (κ1) is 16.0. The Bertz CT molecular complexity index is 419. The van der Waals surface area contributed by atoms with E-state index in [1.165, 1.54) is 11.2 Å². The van der Waals surface area contributed by atoms with Crippen LogP contribution in [0.2, 0.25) is 0 Å². The number of H-pyrrole nitrogens is 1. The fourth-order valence-electron chi connectivity index (χ4n) is 1.78. The second-order valence-electron chi connectivity index (χ2n) is 4.75. The van der Waals surface area contributed by atoms with Gasteiger partial charge in [0.2, 0.25) is 0 Å². The summed E-state index contributed by atoms with van der Waals surface area (Å²) in [6.45, 7) is 2.71. The van der Waals surface area contributed by atoms with E-state index in [1.54, 1.807) is 13.2 Å². The molecule has 0 aromatic carbocycles. The van der Waals surface area contributed by atoms with E-state index in [4.69, 9.17) is 5.11 Å². The Morgan fingerprint density at radius 3 is 2.80 bits per heavy atom. The molecule has 2 amide bonds. The first-order valence-corrected chi connectivity index (χ1v) is 6.76. The van der Waals surface area contributed by atoms with Crippen molar-refractivity contribution in [3.05, 3.63) is 18.2 Å². The number of urea groups is 1. The minimum absolute atomic E-state index is 0.184. The summed E-state index contributed by atoms with van der Waals surface area (Å²) in [6.07, 6.45) is 6.25. The maximum atomic E-state index is 11.9. The summed E-state index contributed by atoms with van der Waals surface area (Å²) in [4.78, 5) is 31.2. The fourth-order valence-corrected chi connectivity index (χ4v) is 1.78. The van der Waals surface area contributed by atoms with Crippen molar-refractivity contribution in [2.45, 2.75) is 38.6 Å². The molecule has 1 unspecified atom stereocenters. The van der Waals surface area contributed by atoms with Gasteiger partial charge in [-0.25, -0.2) is 14.6 Å². The van der Waals surface area contributed by atoms with Crippen molar-refractivity contribution in [3.8, 4) is 0 Å². The molecule has 0 spiro atoms. The van der Waals surface area contributed by atoms with Gasteiger partial charge < -0.3 is 20.3 Å². The van der Waals surface area contributed by atoms with Crippen LogP contribution in [0, 0.1) is 0 Å². The van der Waals surface area contributed by atoms with Crippen LogP contribution in [-0.4, -0.2) is 51.6 Å². The fraction of sp³-hybridized carbons (Fsp3) is 0.615. The largest absolute Gasteiger partial charge is 0.480 e. The van der Waals surface area contributed by atoms with Crippen LogP contribution in [0.1, 0.15) is 31.9 Å². The summed E-state index contributed by atoms with van der Waals surface area (Å²) < 4.78 is 0. The molecule has 1 atom stereocenters. The van der Waals surface area contributed by atoms with E-state index in [-0.39, 0.29) is 12.5 Å². The lowest BCUT2D eigenvalue weighted by Crippen LogP contribution is -2.48. The molecule has 0 aliphatic rings. The third kappa shape index (κ3) is 5.29. The molecule has 3 N–H and O–H groups in total. The zero-order valence-electron chi connectivity index (χ0n) is 11.9. The van der Waals surface area contributed by atoms with Crippen molar-refractivity contribution in [1.29, 1.82) is 0 Å². The highest BCUT2D eigenvalue weighted by Crippen LogP contribution is 2.01. The van der Waals surface area contributed by atoms with Gasteiger partial charge in [0.25, 0.3) is 0 Å². The third-order valence-corrected chi connectivity index (χ3v) is 3.02. The Morgan fingerprint density at radius 1 is 1.50 bits per heavy atom. The van der Waals surface area contributed by atoms with Crippen molar-refractivity contribution in [2.75, 3.05) is 13.6 Å². The van der Waals surface area contributed by atoms with Crippen LogP contribution in [-0.2, 0) is 11.2 Å². The number of unbranched alkanes of at least 4 members (excludes halogenated alkanes) is 2. The zero-order valence-corrected chi connectivity index (χ0v) is 11.9. The maximum absolute atomic E-state index is 11.9. The minimum atomic E-state index is -1.06. The molecule has 1 aromatic heterocycles. The molecule has 7 nitrogen and oxygen atoms in total. The van der Waals surface area contributed by atoms with E-state index in [9.17, 15) is 9.59 Å². The lowest BCUT2D eigenvalue weighted by molar-refractivity contribution is -0.139. The number of carboxylic acids is 1. The van der Waals surface area contributed by atoms with E-state index in [1.807, 2.05) is 0 Å². The SMILES string of the molecule is CCCCCN(C)C(=O)NC(Cc1cnc[nH]1)C(=O)O. The van der Waals surface area contributed by atoms with Gasteiger partial charge in [-0.1, -0.05) is 19.8 Å². The average molecular weight is 282 g/mol. The molecule has 20 heavy (non-hydrogen) atoms. The highest BCUT2D eigenvalue weighted by Gasteiger charge is 2.22. The molecular weight excluding hydrogens is 260 g/mol. The maximum Gasteiger partial charge on any atom is 0.326 e. The average Bonchev–Trinajstić information content (AvgIpc) is 2.90. The van der Waals surface area contributed by atoms with E-state index in [2.05, 4.69) is 22.2 Å². The van der Waals surface area contributed by atoms with Crippen LogP contribution in [0.25, 0.3) is 0 Å². The first-order chi connectivity index (χ1) is 9.54. The predicted octanol–water partition coefficient (Wildman–Crippen LogP) is 1.24. The van der Waals surface area contributed by atoms with Crippen LogP contribution in [0.4, 0.5) is 4.79 Å². The smallest absolute Gasteiger partial charge is 0.326 e. The second-order valence-corrected chi connectivity index (χ2v) is 4.75. The number of carbonyl (C=O) groups is 2. The van der Waals surface area contributed by atoms with E-state index < -0.39 is 12.0 Å². The number of imidazole rings is 1. The molecule has 0 bridgehead atoms. The molecule has 0 aliphatic carbocycles. The molecule has 1 aromatic rings. The van der Waals surface area contributed by atoms with E-state index >= 15 is 0 Å². The molecule has 0 saturated heterocycles. The Kier molecular flexibility index (Phi) is 6.55. The molecule has 1 rings (SSSR count). The number of aromatic nitrogens is 2. The van der Waals surface area contributed by atoms with Crippen LogP contribution >= 0.6 is 0 Å². The summed E-state index contributed by atoms with van der Waals surface area (Å²) in [5.74, 6) is -1.06. The number of carboxylic acid groups (broad SMARTS) is 1. The number of rotatable bonds is 8. The van der Waals surface area contributed by atoms with Crippen molar-refractivity contribution in [1.82, 2.24) is 20.2 Å². The second kappa shape index (κ2) is 8.19. The first-order valence-electron chi connectivity index (χ1n) is 6.76. The van der Waals surface area contributed by atoms with Crippen LogP contribution in [0.3, 0.4) is 0 Å². The number of hydrogen-bond donors (Lipinski definition) is 3. The summed E-state index contributed by atoms with van der Waals surface area (Å²) in [5.41, 5.74) is 0.673. The van der Waals surface area contributed by atoms with Gasteiger partial charge in [-0.3, -0.25) is 0 Å². The van der Waals surface area contributed by atoms with Crippen LogP contribution in [0.5, 0.6) is 0 Å². The van der Waals surface area contributed by atoms with Crippen molar-refractivity contribution < 1.29 is 14.7 Å². The molecule has 0 aliphatic heterocycles. The van der Waals surface area contributed by atoms with Gasteiger partial charge in [-0.15, -0.1) is 0 Å². The normalized spacial score (nSPS) is 11.9. The van der Waals surface area contributed by atoms with Gasteiger partial charge in [0, 0.05) is 31.9 Å². The highest BCUT2D eigenvalue weighted by molar-refractivity contribution is 5.82. The molecule has 1 heterocycles. The van der Waals surface area contributed by atoms with Crippen LogP contribution < -0.4 is 5.32 Å². The molecule has 0 fully saturated rings. The lowest BCUT2D eigenvalue weighted by atomic mass is 10.1. The lowest BCUT2D eigenvalue weighted by Gasteiger charge is -2.21. The number of nitrogens with one attached hydrogen (secondary N) is 2. The van der Waals surface area contributed by atoms with Gasteiger partial charge >= 0.3 is 12.0 Å². The Labute approximate surface area is 118 Å². The Morgan fingerprint density at radius 2 is 2.25 bits per heavy atom. The van der Waals surface area contributed by atoms with E-state index in [0.717, 1.165) is 19.3 Å². The number of aliphatic carboxylic acids is 1. The molecule has 0 saturated carbocycles. The van der Waals surface area contributed by atoms with E-state index in [0.29, 0.717) is 12.2 Å². The molecule has 7 heteroatoms. The van der Waals surface area contributed by atoms with Gasteiger partial charge in [0.1, 0.15) is 6.04 Å². The monoisotopic (exact) mass is 282 g/mol. The highest BCUT2D eigenvalue weighted by atomic mass is 16.4. The Balaban J connectivity index is 2.48. The number of amides is 2. The van der Waals surface area contributed by atoms with Crippen molar-refractivity contribution in [3.63, 3.8) is 0 Å². The predicted molar refractivity (Wildman–Crippen MR) is 74.4 cm³/mol.